The van der Waals surface area contributed by atoms with Gasteiger partial charge in [0.05, 0.1) is 5.52 Å². The van der Waals surface area contributed by atoms with Gasteiger partial charge in [-0.25, -0.2) is 0 Å². The average molecular weight is 286 g/mol. The van der Waals surface area contributed by atoms with Crippen molar-refractivity contribution in [2.45, 2.75) is 17.3 Å². The van der Waals surface area contributed by atoms with Crippen LogP contribution in [-0.4, -0.2) is 14.1 Å². The number of benzene rings is 1. The highest BCUT2D eigenvalue weighted by Crippen LogP contribution is 2.18. The van der Waals surface area contributed by atoms with E-state index < -0.39 is 0 Å². The van der Waals surface area contributed by atoms with E-state index in [9.17, 15) is 0 Å². The van der Waals surface area contributed by atoms with Crippen LogP contribution in [0.5, 0.6) is 0 Å². The molecule has 2 rings (SSSR count). The van der Waals surface area contributed by atoms with Crippen molar-refractivity contribution >= 4 is 33.5 Å². The Morgan fingerprint density at radius 1 is 1.46 bits per heavy atom. The molecular weight excluding hydrogens is 275 g/mol. The van der Waals surface area contributed by atoms with Gasteiger partial charge in [-0.15, -0.1) is 0 Å². The third-order valence-electron chi connectivity index (χ3n) is 2.03. The lowest BCUT2D eigenvalue weighted by atomic mass is 10.1. The number of nitrogens with zero attached hydrogens (tertiary/aromatic N) is 1. The number of nitrogens with one attached hydrogen (secondary N) is 1. The van der Waals surface area contributed by atoms with Crippen LogP contribution in [0.3, 0.4) is 0 Å². The maximum atomic E-state index is 4.24. The van der Waals surface area contributed by atoms with Crippen LogP contribution >= 0.6 is 22.6 Å². The van der Waals surface area contributed by atoms with Crippen LogP contribution < -0.4 is 0 Å². The number of hydrogen-bond acceptors (Lipinski definition) is 1. The molecule has 1 aromatic carbocycles. The van der Waals surface area contributed by atoms with Crippen molar-refractivity contribution in [2.75, 3.05) is 0 Å². The topological polar surface area (TPSA) is 28.7 Å². The van der Waals surface area contributed by atoms with Gasteiger partial charge in [0, 0.05) is 21.4 Å². The van der Waals surface area contributed by atoms with E-state index >= 15 is 0 Å². The molecule has 0 aliphatic carbocycles. The highest BCUT2D eigenvalue weighted by molar-refractivity contribution is 14.1. The van der Waals surface area contributed by atoms with Gasteiger partial charge in [0.1, 0.15) is 0 Å². The van der Waals surface area contributed by atoms with Crippen LogP contribution in [-0.2, 0) is 6.42 Å². The minimum atomic E-state index is 0.640. The lowest BCUT2D eigenvalue weighted by Crippen LogP contribution is -1.96. The second kappa shape index (κ2) is 3.65. The molecule has 0 aliphatic heterocycles. The van der Waals surface area contributed by atoms with Crippen molar-refractivity contribution in [1.29, 1.82) is 0 Å². The Morgan fingerprint density at radius 2 is 2.23 bits per heavy atom. The van der Waals surface area contributed by atoms with Gasteiger partial charge in [-0.2, -0.15) is 5.10 Å². The second-order valence-corrected chi connectivity index (χ2v) is 5.33. The highest BCUT2D eigenvalue weighted by atomic mass is 127. The fourth-order valence-electron chi connectivity index (χ4n) is 1.45. The number of aromatic nitrogens is 2. The van der Waals surface area contributed by atoms with E-state index in [-0.39, 0.29) is 0 Å². The molecule has 2 aromatic rings. The molecule has 0 amide bonds. The standard InChI is InChI=1S/C10H11IN2/c1-7(11)6-10-8-4-2-3-5-9(8)12-13-10/h2-5,7H,6H2,1H3,(H,12,13). The van der Waals surface area contributed by atoms with E-state index in [1.807, 2.05) is 12.1 Å². The minimum absolute atomic E-state index is 0.640. The molecule has 1 aromatic heterocycles. The van der Waals surface area contributed by atoms with Crippen molar-refractivity contribution in [1.82, 2.24) is 10.2 Å². The number of rotatable bonds is 2. The summed E-state index contributed by atoms with van der Waals surface area (Å²) >= 11 is 2.43. The number of aromatic amines is 1. The van der Waals surface area contributed by atoms with Gasteiger partial charge >= 0.3 is 0 Å². The van der Waals surface area contributed by atoms with Crippen LogP contribution in [0.1, 0.15) is 12.6 Å². The summed E-state index contributed by atoms with van der Waals surface area (Å²) in [7, 11) is 0. The molecule has 0 saturated heterocycles. The molecular formula is C10H11IN2. The summed E-state index contributed by atoms with van der Waals surface area (Å²) in [5.41, 5.74) is 2.31. The van der Waals surface area contributed by atoms with Crippen LogP contribution in [0.15, 0.2) is 24.3 Å². The summed E-state index contributed by atoms with van der Waals surface area (Å²) in [5.74, 6) is 0. The number of alkyl halides is 1. The Kier molecular flexibility index (Phi) is 2.53. The minimum Gasteiger partial charge on any atom is -0.281 e. The number of fused-ring (bicyclic) bond motifs is 1. The maximum absolute atomic E-state index is 4.24. The van der Waals surface area contributed by atoms with Crippen molar-refractivity contribution < 1.29 is 0 Å². The van der Waals surface area contributed by atoms with Gasteiger partial charge in [0.25, 0.3) is 0 Å². The van der Waals surface area contributed by atoms with Gasteiger partial charge in [-0.1, -0.05) is 47.7 Å². The molecule has 0 fully saturated rings. The Hall–Kier alpha value is -0.580. The molecule has 1 unspecified atom stereocenters. The fourth-order valence-corrected chi connectivity index (χ4v) is 1.89. The van der Waals surface area contributed by atoms with E-state index in [1.165, 1.54) is 11.1 Å². The Bertz CT molecular complexity index is 406. The number of H-pyrrole nitrogens is 1. The van der Waals surface area contributed by atoms with Crippen molar-refractivity contribution in [3.63, 3.8) is 0 Å². The maximum Gasteiger partial charge on any atom is 0.0923 e. The van der Waals surface area contributed by atoms with Crippen LogP contribution in [0.2, 0.25) is 0 Å². The van der Waals surface area contributed by atoms with Crippen LogP contribution in [0, 0.1) is 0 Å². The molecule has 1 atom stereocenters. The van der Waals surface area contributed by atoms with E-state index in [1.54, 1.807) is 0 Å². The smallest absolute Gasteiger partial charge is 0.0923 e. The Morgan fingerprint density at radius 3 is 3.00 bits per heavy atom. The predicted molar refractivity (Wildman–Crippen MR) is 63.3 cm³/mol. The summed E-state index contributed by atoms with van der Waals surface area (Å²) in [6.07, 6.45) is 1.06. The molecule has 1 heterocycles. The van der Waals surface area contributed by atoms with Gasteiger partial charge in [-0.3, -0.25) is 5.10 Å². The monoisotopic (exact) mass is 286 g/mol. The van der Waals surface area contributed by atoms with E-state index in [0.29, 0.717) is 3.92 Å². The predicted octanol–water partition coefficient (Wildman–Crippen LogP) is 2.93. The zero-order chi connectivity index (χ0) is 9.26. The number of hydrogen-bond donors (Lipinski definition) is 1. The molecule has 0 saturated carbocycles. The molecule has 0 spiro atoms. The zero-order valence-corrected chi connectivity index (χ0v) is 9.58. The number of halogens is 1. The summed E-state index contributed by atoms with van der Waals surface area (Å²) in [5, 5.41) is 8.59. The lowest BCUT2D eigenvalue weighted by molar-refractivity contribution is 0.912. The van der Waals surface area contributed by atoms with Crippen molar-refractivity contribution in [2.24, 2.45) is 0 Å². The van der Waals surface area contributed by atoms with Gasteiger partial charge in [-0.05, 0) is 6.07 Å². The lowest BCUT2D eigenvalue weighted by Gasteiger charge is -1.99. The summed E-state index contributed by atoms with van der Waals surface area (Å²) in [4.78, 5) is 0. The molecule has 68 valence electrons. The first-order chi connectivity index (χ1) is 6.27. The van der Waals surface area contributed by atoms with Gasteiger partial charge in [0.2, 0.25) is 0 Å². The molecule has 0 radical (unpaired) electrons. The third kappa shape index (κ3) is 1.85. The first-order valence-corrected chi connectivity index (χ1v) is 5.58. The molecule has 0 bridgehead atoms. The molecule has 1 N–H and O–H groups in total. The van der Waals surface area contributed by atoms with Gasteiger partial charge < -0.3 is 0 Å². The normalized spacial score (nSPS) is 13.4. The summed E-state index contributed by atoms with van der Waals surface area (Å²) < 4.78 is 0.640. The number of para-hydroxylation sites is 1. The average Bonchev–Trinajstić information content (AvgIpc) is 2.48. The van der Waals surface area contributed by atoms with E-state index in [2.05, 4.69) is 51.8 Å². The van der Waals surface area contributed by atoms with Crippen molar-refractivity contribution in [3.05, 3.63) is 30.0 Å². The Balaban J connectivity index is 2.46. The summed E-state index contributed by atoms with van der Waals surface area (Å²) in [6, 6.07) is 8.22. The first kappa shape index (κ1) is 8.99. The van der Waals surface area contributed by atoms with Crippen molar-refractivity contribution in [3.8, 4) is 0 Å². The SMILES string of the molecule is CC(I)Cc1[nH]nc2ccccc12. The quantitative estimate of drug-likeness (QED) is 0.667. The fraction of sp³-hybridized carbons (Fsp3) is 0.300. The molecule has 2 nitrogen and oxygen atoms in total. The largest absolute Gasteiger partial charge is 0.281 e. The van der Waals surface area contributed by atoms with Crippen LogP contribution in [0.25, 0.3) is 10.9 Å². The first-order valence-electron chi connectivity index (χ1n) is 4.33. The van der Waals surface area contributed by atoms with E-state index in [4.69, 9.17) is 0 Å². The molecule has 3 heteroatoms. The third-order valence-corrected chi connectivity index (χ3v) is 2.47. The summed E-state index contributed by atoms with van der Waals surface area (Å²) in [6.45, 7) is 2.20. The molecule has 0 aliphatic rings. The highest BCUT2D eigenvalue weighted by Gasteiger charge is 2.06. The second-order valence-electron chi connectivity index (χ2n) is 3.20. The zero-order valence-electron chi connectivity index (χ0n) is 7.42. The van der Waals surface area contributed by atoms with Crippen LogP contribution in [0.4, 0.5) is 0 Å². The van der Waals surface area contributed by atoms with E-state index in [0.717, 1.165) is 11.9 Å². The molecule has 13 heavy (non-hydrogen) atoms. The Labute approximate surface area is 90.9 Å². The van der Waals surface area contributed by atoms with Gasteiger partial charge in [0.15, 0.2) is 0 Å².